The van der Waals surface area contributed by atoms with Crippen molar-refractivity contribution in [1.29, 1.82) is 0 Å². The first-order valence-electron chi connectivity index (χ1n) is 12.0. The number of nitrogens with zero attached hydrogens (tertiary/aromatic N) is 5. The summed E-state index contributed by atoms with van der Waals surface area (Å²) in [4.78, 5) is 21.1. The molecule has 1 fully saturated rings. The van der Waals surface area contributed by atoms with Gasteiger partial charge in [0, 0.05) is 48.1 Å². The van der Waals surface area contributed by atoms with E-state index < -0.39 is 12.0 Å². The normalized spacial score (nSPS) is 18.7. The smallest absolute Gasteiger partial charge is 0.438 e. The lowest BCUT2D eigenvalue weighted by molar-refractivity contribution is -0.145. The maximum Gasteiger partial charge on any atom is 0.451 e. The number of amides is 1. The predicted molar refractivity (Wildman–Crippen MR) is 127 cm³/mol. The van der Waals surface area contributed by atoms with E-state index in [0.29, 0.717) is 29.8 Å². The van der Waals surface area contributed by atoms with E-state index in [1.165, 1.54) is 13.0 Å². The van der Waals surface area contributed by atoms with Crippen molar-refractivity contribution in [3.8, 4) is 22.8 Å². The van der Waals surface area contributed by atoms with Crippen LogP contribution in [0.1, 0.15) is 50.5 Å². The molecule has 0 spiro atoms. The van der Waals surface area contributed by atoms with Gasteiger partial charge < -0.3 is 15.0 Å². The van der Waals surface area contributed by atoms with Crippen LogP contribution in [0.5, 0.6) is 11.6 Å². The van der Waals surface area contributed by atoms with E-state index in [2.05, 4.69) is 20.4 Å². The Kier molecular flexibility index (Phi) is 6.42. The minimum Gasteiger partial charge on any atom is -0.438 e. The summed E-state index contributed by atoms with van der Waals surface area (Å²) in [6.45, 7) is 5.31. The average Bonchev–Trinajstić information content (AvgIpc) is 3.34. The zero-order valence-corrected chi connectivity index (χ0v) is 20.0. The quantitative estimate of drug-likeness (QED) is 0.556. The fourth-order valence-corrected chi connectivity index (χ4v) is 5.02. The first-order chi connectivity index (χ1) is 17.2. The van der Waals surface area contributed by atoms with Gasteiger partial charge in [0.15, 0.2) is 0 Å². The van der Waals surface area contributed by atoms with Crippen LogP contribution in [-0.4, -0.2) is 44.8 Å². The zero-order chi connectivity index (χ0) is 25.4. The Labute approximate surface area is 206 Å². The molecule has 2 aliphatic heterocycles. The number of ether oxygens (including phenoxy) is 1. The molecule has 11 heteroatoms. The summed E-state index contributed by atoms with van der Waals surface area (Å²) in [5.74, 6) is -1.22. The number of anilines is 1. The molecule has 1 atom stereocenters. The zero-order valence-electron chi connectivity index (χ0n) is 20.0. The van der Waals surface area contributed by atoms with E-state index in [9.17, 15) is 18.0 Å². The lowest BCUT2D eigenvalue weighted by Gasteiger charge is -2.35. The second kappa shape index (κ2) is 9.53. The number of nitrogens with one attached hydrogen (secondary N) is 1. The third-order valence-corrected chi connectivity index (χ3v) is 6.77. The number of alkyl halides is 3. The molecule has 190 valence electrons. The molecule has 2 aliphatic rings. The Hall–Kier alpha value is -3.47. The molecule has 1 unspecified atom stereocenters. The number of fused-ring (bicyclic) bond motifs is 1. The lowest BCUT2D eigenvalue weighted by atomic mass is 9.92. The van der Waals surface area contributed by atoms with Gasteiger partial charge in [0.2, 0.25) is 17.6 Å². The third-order valence-electron chi connectivity index (χ3n) is 6.77. The summed E-state index contributed by atoms with van der Waals surface area (Å²) >= 11 is 0. The number of carbonyl (C=O) groups excluding carboxylic acids is 1. The van der Waals surface area contributed by atoms with Crippen LogP contribution in [0, 0.1) is 0 Å². The van der Waals surface area contributed by atoms with E-state index in [4.69, 9.17) is 4.74 Å². The number of carbonyl (C=O) groups is 1. The van der Waals surface area contributed by atoms with Crippen LogP contribution in [0.15, 0.2) is 36.8 Å². The predicted octanol–water partition coefficient (Wildman–Crippen LogP) is 4.76. The second-order valence-electron chi connectivity index (χ2n) is 9.23. The molecule has 0 bridgehead atoms. The maximum absolute atomic E-state index is 13.2. The van der Waals surface area contributed by atoms with E-state index in [1.54, 1.807) is 11.1 Å². The number of aromatic nitrogens is 4. The fourth-order valence-electron chi connectivity index (χ4n) is 5.02. The summed E-state index contributed by atoms with van der Waals surface area (Å²) in [6.07, 6.45) is 3.23. The van der Waals surface area contributed by atoms with Crippen molar-refractivity contribution >= 4 is 11.6 Å². The Morgan fingerprint density at radius 3 is 2.67 bits per heavy atom. The number of benzene rings is 1. The number of hydrogen-bond acceptors (Lipinski definition) is 6. The van der Waals surface area contributed by atoms with Gasteiger partial charge in [-0.05, 0) is 57.8 Å². The molecule has 0 saturated carbocycles. The van der Waals surface area contributed by atoms with Crippen molar-refractivity contribution < 1.29 is 22.7 Å². The average molecular weight is 501 g/mol. The van der Waals surface area contributed by atoms with Crippen LogP contribution in [0.3, 0.4) is 0 Å². The summed E-state index contributed by atoms with van der Waals surface area (Å²) < 4.78 is 47.8. The van der Waals surface area contributed by atoms with Crippen molar-refractivity contribution in [2.45, 2.75) is 57.8 Å². The minimum atomic E-state index is -4.70. The van der Waals surface area contributed by atoms with Crippen LogP contribution in [0.2, 0.25) is 0 Å². The van der Waals surface area contributed by atoms with Crippen molar-refractivity contribution in [1.82, 2.24) is 25.1 Å². The van der Waals surface area contributed by atoms with E-state index in [1.807, 2.05) is 29.9 Å². The highest BCUT2D eigenvalue weighted by atomic mass is 19.4. The van der Waals surface area contributed by atoms with Gasteiger partial charge in [-0.1, -0.05) is 0 Å². The summed E-state index contributed by atoms with van der Waals surface area (Å²) in [6, 6.07) is 5.26. The van der Waals surface area contributed by atoms with Gasteiger partial charge in [-0.15, -0.1) is 0 Å². The standard InChI is InChI=1S/C25H27F3N6O2/c1-15-3-4-20-21(34(15)16(2)35)6-5-19(17-13-31-33(14-17)18-7-10-29-11-8-18)23(20)36-22-9-12-30-24(32-22)25(26,27)28/h5-6,9,12-15,18,29H,3-4,7-8,10-11H2,1-2H3. The van der Waals surface area contributed by atoms with Crippen LogP contribution < -0.4 is 15.0 Å². The molecule has 8 nitrogen and oxygen atoms in total. The molecule has 1 aromatic carbocycles. The van der Waals surface area contributed by atoms with Crippen molar-refractivity contribution in [3.63, 3.8) is 0 Å². The molecule has 1 N–H and O–H groups in total. The van der Waals surface area contributed by atoms with Gasteiger partial charge in [-0.2, -0.15) is 23.3 Å². The Balaban J connectivity index is 1.60. The molecule has 4 heterocycles. The van der Waals surface area contributed by atoms with Crippen LogP contribution >= 0.6 is 0 Å². The summed E-state index contributed by atoms with van der Waals surface area (Å²) in [5.41, 5.74) is 2.90. The second-order valence-corrected chi connectivity index (χ2v) is 9.23. The molecule has 0 aliphatic carbocycles. The first-order valence-corrected chi connectivity index (χ1v) is 12.0. The minimum absolute atomic E-state index is 0.00718. The van der Waals surface area contributed by atoms with Gasteiger partial charge in [-0.25, -0.2) is 4.98 Å². The van der Waals surface area contributed by atoms with Gasteiger partial charge in [0.05, 0.1) is 17.9 Å². The number of piperidine rings is 1. The largest absolute Gasteiger partial charge is 0.451 e. The third kappa shape index (κ3) is 4.67. The van der Waals surface area contributed by atoms with Gasteiger partial charge in [-0.3, -0.25) is 9.48 Å². The van der Waals surface area contributed by atoms with Gasteiger partial charge in [0.1, 0.15) is 5.75 Å². The molecule has 2 aromatic heterocycles. The highest BCUT2D eigenvalue weighted by Gasteiger charge is 2.35. The molecule has 5 rings (SSSR count). The van der Waals surface area contributed by atoms with Crippen LogP contribution in [0.4, 0.5) is 18.9 Å². The molecule has 36 heavy (non-hydrogen) atoms. The van der Waals surface area contributed by atoms with Crippen LogP contribution in [-0.2, 0) is 17.4 Å². The summed E-state index contributed by atoms with van der Waals surface area (Å²) in [7, 11) is 0. The molecular weight excluding hydrogens is 473 g/mol. The van der Waals surface area contributed by atoms with Gasteiger partial charge >= 0.3 is 6.18 Å². The number of hydrogen-bond donors (Lipinski definition) is 1. The van der Waals surface area contributed by atoms with Crippen molar-refractivity contribution in [2.24, 2.45) is 0 Å². The fraction of sp³-hybridized carbons (Fsp3) is 0.440. The van der Waals surface area contributed by atoms with E-state index >= 15 is 0 Å². The summed E-state index contributed by atoms with van der Waals surface area (Å²) in [5, 5.41) is 7.91. The molecule has 3 aromatic rings. The number of rotatable bonds is 4. The first kappa shape index (κ1) is 24.2. The Morgan fingerprint density at radius 1 is 1.17 bits per heavy atom. The molecule has 1 saturated heterocycles. The Morgan fingerprint density at radius 2 is 1.94 bits per heavy atom. The topological polar surface area (TPSA) is 85.2 Å². The van der Waals surface area contributed by atoms with Crippen molar-refractivity contribution in [3.05, 3.63) is 48.2 Å². The van der Waals surface area contributed by atoms with Crippen LogP contribution in [0.25, 0.3) is 11.1 Å². The molecular formula is C25H27F3N6O2. The lowest BCUT2D eigenvalue weighted by Crippen LogP contribution is -2.40. The van der Waals surface area contributed by atoms with E-state index in [-0.39, 0.29) is 23.9 Å². The van der Waals surface area contributed by atoms with E-state index in [0.717, 1.165) is 43.3 Å². The van der Waals surface area contributed by atoms with Crippen molar-refractivity contribution in [2.75, 3.05) is 18.0 Å². The molecule has 1 amide bonds. The highest BCUT2D eigenvalue weighted by molar-refractivity contribution is 5.95. The van der Waals surface area contributed by atoms with Gasteiger partial charge in [0.25, 0.3) is 0 Å². The number of halogens is 3. The highest BCUT2D eigenvalue weighted by Crippen LogP contribution is 2.45. The Bertz CT molecular complexity index is 1270. The molecule has 0 radical (unpaired) electrons. The SMILES string of the molecule is CC(=O)N1c2ccc(-c3cnn(C4CCNCC4)c3)c(Oc3ccnc(C(F)(F)F)n3)c2CCC1C. The monoisotopic (exact) mass is 500 g/mol. The maximum atomic E-state index is 13.2.